The minimum Gasteiger partial charge on any atom is -0.150 e. The molecule has 0 heterocycles. The Morgan fingerprint density at radius 2 is 1.43 bits per heavy atom. The van der Waals surface area contributed by atoms with E-state index >= 15 is 0 Å². The Bertz CT molecular complexity index is 55.2. The highest BCUT2D eigenvalue weighted by Crippen LogP contribution is 2.29. The third-order valence-corrected chi connectivity index (χ3v) is 28.3. The molecule has 7 heavy (non-hydrogen) atoms. The van der Waals surface area contributed by atoms with Crippen LogP contribution in [0.25, 0.3) is 0 Å². The second kappa shape index (κ2) is 3.48. The zero-order chi connectivity index (χ0) is 6.08. The predicted octanol–water partition coefficient (Wildman–Crippen LogP) is 2.61. The lowest BCUT2D eigenvalue weighted by molar-refractivity contribution is 3.75. The van der Waals surface area contributed by atoms with Gasteiger partial charge in [-0.15, -0.1) is 44.3 Å². The first-order valence-electron chi connectivity index (χ1n) is 1.29. The van der Waals surface area contributed by atoms with Crippen LogP contribution in [0.2, 0.25) is 0 Å². The second-order valence-corrected chi connectivity index (χ2v) is 31.2. The maximum Gasteiger partial charge on any atom is 0.328 e. The summed E-state index contributed by atoms with van der Waals surface area (Å²) >= 11 is 23.9. The van der Waals surface area contributed by atoms with Crippen LogP contribution in [-0.4, -0.2) is 10.6 Å². The molecule has 44 valence electrons. The molecule has 0 saturated heterocycles. The van der Waals surface area contributed by atoms with Crippen LogP contribution in [0.4, 0.5) is 0 Å². The molecule has 0 N–H and O–H groups in total. The highest BCUT2D eigenvalue weighted by Gasteiger charge is 2.34. The van der Waals surface area contributed by atoms with E-state index in [1.807, 2.05) is 21.8 Å². The second-order valence-electron chi connectivity index (χ2n) is 0.842. The lowest BCUT2D eigenvalue weighted by Crippen LogP contribution is -2.24. The maximum atomic E-state index is 5.56. The standard InChI is InChI=1S/Cl4HISi2/c1-6(2)7(3,4)5/h6H. The highest BCUT2D eigenvalue weighted by atomic mass is 127. The van der Waals surface area contributed by atoms with Crippen molar-refractivity contribution in [2.45, 2.75) is 0 Å². The van der Waals surface area contributed by atoms with Gasteiger partial charge in [-0.1, -0.05) is 21.8 Å². The topological polar surface area (TPSA) is 0 Å². The molecule has 0 aliphatic heterocycles. The molecular formula is HCl4ISi2. The summed E-state index contributed by atoms with van der Waals surface area (Å²) in [5.41, 5.74) is 0. The van der Waals surface area contributed by atoms with Crippen LogP contribution < -0.4 is 0 Å². The Balaban J connectivity index is 3.54. The molecule has 0 aliphatic rings. The van der Waals surface area contributed by atoms with Crippen LogP contribution in [0.15, 0.2) is 0 Å². The van der Waals surface area contributed by atoms with Gasteiger partial charge in [0.1, 0.15) is 0 Å². The molecule has 0 saturated carbocycles. The Morgan fingerprint density at radius 3 is 1.43 bits per heavy atom. The van der Waals surface area contributed by atoms with E-state index in [4.69, 9.17) is 44.3 Å². The normalized spacial score (nSPS) is 12.9. The van der Waals surface area contributed by atoms with E-state index in [0.29, 0.717) is 0 Å². The number of halogens is 5. The molecule has 0 aromatic heterocycles. The van der Waals surface area contributed by atoms with Gasteiger partial charge in [-0.2, -0.15) is 0 Å². The van der Waals surface area contributed by atoms with Gasteiger partial charge in [-0.05, 0) is 0 Å². The molecular weight excluding hydrogens is 325 g/mol. The average molecular weight is 326 g/mol. The summed E-state index contributed by atoms with van der Waals surface area (Å²) in [6.45, 7) is -1.76. The summed E-state index contributed by atoms with van der Waals surface area (Å²) in [7, 11) is 0. The zero-order valence-corrected chi connectivity index (χ0v) is 10.3. The molecule has 0 bridgehead atoms. The molecule has 0 nitrogen and oxygen atoms in total. The van der Waals surface area contributed by atoms with Crippen LogP contribution in [0.3, 0.4) is 0 Å². The van der Waals surface area contributed by atoms with Gasteiger partial charge in [-0.3, -0.25) is 0 Å². The maximum absolute atomic E-state index is 5.56. The third-order valence-electron chi connectivity index (χ3n) is 0.247. The zero-order valence-electron chi connectivity index (χ0n) is 2.97. The van der Waals surface area contributed by atoms with E-state index < -0.39 is 10.6 Å². The van der Waals surface area contributed by atoms with Gasteiger partial charge in [-0.25, -0.2) is 0 Å². The van der Waals surface area contributed by atoms with Crippen LogP contribution in [0, 0.1) is 0 Å². The summed E-state index contributed by atoms with van der Waals surface area (Å²) in [6.07, 6.45) is 0. The minimum atomic E-state index is -2.15. The average Bonchev–Trinajstić information content (AvgIpc) is 1.31. The van der Waals surface area contributed by atoms with Gasteiger partial charge in [0.2, 0.25) is 0 Å². The largest absolute Gasteiger partial charge is 0.328 e. The smallest absolute Gasteiger partial charge is 0.150 e. The van der Waals surface area contributed by atoms with E-state index in [1.54, 1.807) is 0 Å². The van der Waals surface area contributed by atoms with Gasteiger partial charge >= 0.3 is 3.71 Å². The van der Waals surface area contributed by atoms with Crippen molar-refractivity contribution in [1.82, 2.24) is 0 Å². The minimum absolute atomic E-state index is 1.76. The number of hydrogen-bond acceptors (Lipinski definition) is 0. The summed E-state index contributed by atoms with van der Waals surface area (Å²) in [6, 6.07) is 0. The van der Waals surface area contributed by atoms with Crippen molar-refractivity contribution in [1.29, 1.82) is 0 Å². The van der Waals surface area contributed by atoms with Crippen LogP contribution in [0.1, 0.15) is 0 Å². The fourth-order valence-electron chi connectivity index (χ4n) is 0. The van der Waals surface area contributed by atoms with Gasteiger partial charge in [0.25, 0.3) is 6.93 Å². The van der Waals surface area contributed by atoms with E-state index in [-0.39, 0.29) is 0 Å². The molecule has 0 aromatic carbocycles. The van der Waals surface area contributed by atoms with Crippen molar-refractivity contribution < 1.29 is 0 Å². The van der Waals surface area contributed by atoms with Crippen molar-refractivity contribution >= 4 is 76.8 Å². The summed E-state index contributed by atoms with van der Waals surface area (Å²) in [5.74, 6) is 0. The summed E-state index contributed by atoms with van der Waals surface area (Å²) in [4.78, 5) is 0. The van der Waals surface area contributed by atoms with E-state index in [9.17, 15) is 0 Å². The monoisotopic (exact) mass is 324 g/mol. The Labute approximate surface area is 75.9 Å². The fraction of sp³-hybridized carbons (Fsp3) is 0. The first kappa shape index (κ1) is 9.32. The van der Waals surface area contributed by atoms with Gasteiger partial charge in [0, 0.05) is 0 Å². The van der Waals surface area contributed by atoms with Crippen molar-refractivity contribution in [2.24, 2.45) is 0 Å². The van der Waals surface area contributed by atoms with Crippen LogP contribution in [0.5, 0.6) is 0 Å². The first-order chi connectivity index (χ1) is 2.94. The Kier molecular flexibility index (Phi) is 4.64. The molecule has 0 radical (unpaired) electrons. The van der Waals surface area contributed by atoms with E-state index in [0.717, 1.165) is 0 Å². The molecule has 7 heteroatoms. The van der Waals surface area contributed by atoms with Crippen molar-refractivity contribution in [3.05, 3.63) is 0 Å². The summed E-state index contributed by atoms with van der Waals surface area (Å²) < 4.78 is -2.15. The molecule has 0 fully saturated rings. The van der Waals surface area contributed by atoms with Gasteiger partial charge in [0.15, 0.2) is 0 Å². The number of rotatable bonds is 1. The predicted molar refractivity (Wildman–Crippen MR) is 50.3 cm³/mol. The van der Waals surface area contributed by atoms with Crippen molar-refractivity contribution in [2.75, 3.05) is 0 Å². The first-order valence-corrected chi connectivity index (χ1v) is 13.7. The van der Waals surface area contributed by atoms with Crippen LogP contribution >= 0.6 is 66.1 Å². The van der Waals surface area contributed by atoms with E-state index in [2.05, 4.69) is 0 Å². The Morgan fingerprint density at radius 1 is 1.29 bits per heavy atom. The highest BCUT2D eigenvalue weighted by molar-refractivity contribution is 14.1. The molecule has 0 atom stereocenters. The van der Waals surface area contributed by atoms with E-state index in [1.165, 1.54) is 0 Å². The van der Waals surface area contributed by atoms with Crippen molar-refractivity contribution in [3.8, 4) is 0 Å². The van der Waals surface area contributed by atoms with Crippen LogP contribution in [-0.2, 0) is 0 Å². The van der Waals surface area contributed by atoms with Gasteiger partial charge < -0.3 is 0 Å². The molecule has 0 spiro atoms. The summed E-state index contributed by atoms with van der Waals surface area (Å²) in [5, 5.41) is 0. The lowest BCUT2D eigenvalue weighted by atomic mass is 26.8. The molecule has 0 unspecified atom stereocenters. The lowest BCUT2D eigenvalue weighted by Gasteiger charge is -2.03. The molecule has 0 aliphatic carbocycles. The van der Waals surface area contributed by atoms with Crippen molar-refractivity contribution in [3.63, 3.8) is 0 Å². The Hall–Kier alpha value is 2.32. The molecule has 0 aromatic rings. The molecule has 0 amide bonds. The van der Waals surface area contributed by atoms with Gasteiger partial charge in [0.05, 0.1) is 0 Å². The quantitative estimate of drug-likeness (QED) is 0.395. The third kappa shape index (κ3) is 4.80. The SMILES string of the molecule is Cl[SiH](Cl)[Si](Cl)(Cl)I. The molecule has 0 rings (SSSR count). The number of hydrogen-bond donors (Lipinski definition) is 0. The fourth-order valence-corrected chi connectivity index (χ4v) is 0.